The van der Waals surface area contributed by atoms with E-state index < -0.39 is 11.9 Å². The van der Waals surface area contributed by atoms with Crippen molar-refractivity contribution in [2.45, 2.75) is 45.1 Å². The summed E-state index contributed by atoms with van der Waals surface area (Å²) in [6.07, 6.45) is 5.23. The molecule has 2 aliphatic heterocycles. The first-order valence-corrected chi connectivity index (χ1v) is 8.07. The average Bonchev–Trinajstić information content (AvgIpc) is 2.53. The van der Waals surface area contributed by atoms with Crippen molar-refractivity contribution in [1.29, 1.82) is 0 Å². The number of aliphatic carboxylic acids is 1. The molecule has 2 amide bonds. The van der Waals surface area contributed by atoms with Crippen LogP contribution in [0.4, 0.5) is 4.79 Å². The van der Waals surface area contributed by atoms with Crippen LogP contribution in [0, 0.1) is 5.92 Å². The van der Waals surface area contributed by atoms with Crippen molar-refractivity contribution < 1.29 is 14.7 Å². The summed E-state index contributed by atoms with van der Waals surface area (Å²) < 4.78 is 0. The zero-order chi connectivity index (χ0) is 15.2. The molecule has 6 nitrogen and oxygen atoms in total. The molecule has 0 saturated carbocycles. The molecule has 2 fully saturated rings. The Bertz CT molecular complexity index is 369. The lowest BCUT2D eigenvalue weighted by atomic mass is 9.99. The molecule has 0 aliphatic carbocycles. The van der Waals surface area contributed by atoms with Crippen LogP contribution in [0.2, 0.25) is 0 Å². The van der Waals surface area contributed by atoms with E-state index in [1.165, 1.54) is 19.3 Å². The van der Waals surface area contributed by atoms with E-state index in [2.05, 4.69) is 17.1 Å². The molecule has 0 aromatic rings. The van der Waals surface area contributed by atoms with Gasteiger partial charge in [-0.25, -0.2) is 4.79 Å². The summed E-state index contributed by atoms with van der Waals surface area (Å²) in [5.41, 5.74) is 0. The van der Waals surface area contributed by atoms with Gasteiger partial charge in [0.1, 0.15) is 0 Å². The summed E-state index contributed by atoms with van der Waals surface area (Å²) >= 11 is 0. The number of carboxylic acids is 1. The fourth-order valence-corrected chi connectivity index (χ4v) is 3.20. The zero-order valence-electron chi connectivity index (χ0n) is 12.9. The summed E-state index contributed by atoms with van der Waals surface area (Å²) in [6, 6.07) is 0.221. The Hall–Kier alpha value is -1.30. The third-order valence-electron chi connectivity index (χ3n) is 4.62. The average molecular weight is 297 g/mol. The monoisotopic (exact) mass is 297 g/mol. The van der Waals surface area contributed by atoms with Crippen molar-refractivity contribution in [3.63, 3.8) is 0 Å². The minimum Gasteiger partial charge on any atom is -0.481 e. The number of hydrogen-bond acceptors (Lipinski definition) is 3. The molecular formula is C15H27N3O3. The predicted octanol–water partition coefficient (Wildman–Crippen LogP) is 1.37. The van der Waals surface area contributed by atoms with E-state index in [1.807, 2.05) is 0 Å². The second kappa shape index (κ2) is 7.64. The Morgan fingerprint density at radius 2 is 1.90 bits per heavy atom. The summed E-state index contributed by atoms with van der Waals surface area (Å²) in [4.78, 5) is 27.2. The third kappa shape index (κ3) is 4.59. The van der Waals surface area contributed by atoms with Crippen molar-refractivity contribution >= 4 is 12.0 Å². The van der Waals surface area contributed by atoms with E-state index in [0.717, 1.165) is 19.5 Å². The molecule has 120 valence electrons. The van der Waals surface area contributed by atoms with Crippen LogP contribution in [0.3, 0.4) is 0 Å². The molecule has 2 heterocycles. The van der Waals surface area contributed by atoms with Gasteiger partial charge in [-0.3, -0.25) is 9.69 Å². The molecule has 0 spiro atoms. The van der Waals surface area contributed by atoms with Gasteiger partial charge in [-0.2, -0.15) is 0 Å². The van der Waals surface area contributed by atoms with Gasteiger partial charge in [-0.05, 0) is 45.7 Å². The number of nitrogens with zero attached hydrogens (tertiary/aromatic N) is 2. The van der Waals surface area contributed by atoms with Crippen molar-refractivity contribution in [3.05, 3.63) is 0 Å². The Morgan fingerprint density at radius 1 is 1.19 bits per heavy atom. The Balaban J connectivity index is 1.74. The van der Waals surface area contributed by atoms with Gasteiger partial charge in [0.25, 0.3) is 0 Å². The summed E-state index contributed by atoms with van der Waals surface area (Å²) in [5.74, 6) is -1.21. The van der Waals surface area contributed by atoms with Crippen LogP contribution in [0.5, 0.6) is 0 Å². The van der Waals surface area contributed by atoms with Crippen molar-refractivity contribution in [1.82, 2.24) is 15.1 Å². The minimum absolute atomic E-state index is 0.121. The number of carbonyl (C=O) groups excluding carboxylic acids is 1. The highest BCUT2D eigenvalue weighted by molar-refractivity contribution is 5.76. The molecule has 2 N–H and O–H groups in total. The number of amides is 2. The van der Waals surface area contributed by atoms with Gasteiger partial charge in [0, 0.05) is 25.7 Å². The number of urea groups is 1. The van der Waals surface area contributed by atoms with Gasteiger partial charge >= 0.3 is 12.0 Å². The van der Waals surface area contributed by atoms with Gasteiger partial charge in [-0.1, -0.05) is 6.42 Å². The van der Waals surface area contributed by atoms with Gasteiger partial charge in [0.15, 0.2) is 0 Å². The van der Waals surface area contributed by atoms with E-state index in [4.69, 9.17) is 5.11 Å². The maximum Gasteiger partial charge on any atom is 0.317 e. The molecule has 0 radical (unpaired) electrons. The second-order valence-electron chi connectivity index (χ2n) is 6.26. The number of carboxylic acid groups (broad SMARTS) is 1. The maximum absolute atomic E-state index is 12.2. The van der Waals surface area contributed by atoms with E-state index in [1.54, 1.807) is 4.90 Å². The first kappa shape index (κ1) is 16.1. The quantitative estimate of drug-likeness (QED) is 0.822. The van der Waals surface area contributed by atoms with E-state index >= 15 is 0 Å². The summed E-state index contributed by atoms with van der Waals surface area (Å²) in [7, 11) is 0. The highest BCUT2D eigenvalue weighted by Crippen LogP contribution is 2.16. The van der Waals surface area contributed by atoms with Crippen molar-refractivity contribution in [2.24, 2.45) is 5.92 Å². The Labute approximate surface area is 126 Å². The largest absolute Gasteiger partial charge is 0.481 e. The lowest BCUT2D eigenvalue weighted by molar-refractivity contribution is -0.143. The number of nitrogens with one attached hydrogen (secondary N) is 1. The number of piperidine rings is 2. The smallest absolute Gasteiger partial charge is 0.317 e. The van der Waals surface area contributed by atoms with Gasteiger partial charge in [0.05, 0.1) is 5.92 Å². The highest BCUT2D eigenvalue weighted by Gasteiger charge is 2.28. The van der Waals surface area contributed by atoms with Crippen LogP contribution in [0.1, 0.15) is 39.0 Å². The zero-order valence-corrected chi connectivity index (χ0v) is 12.9. The highest BCUT2D eigenvalue weighted by atomic mass is 16.4. The molecule has 21 heavy (non-hydrogen) atoms. The third-order valence-corrected chi connectivity index (χ3v) is 4.62. The van der Waals surface area contributed by atoms with Crippen LogP contribution in [0.25, 0.3) is 0 Å². The number of likely N-dealkylation sites (tertiary alicyclic amines) is 2. The first-order valence-electron chi connectivity index (χ1n) is 8.07. The normalized spacial score (nSPS) is 25.4. The summed E-state index contributed by atoms with van der Waals surface area (Å²) in [6.45, 7) is 5.99. The fraction of sp³-hybridized carbons (Fsp3) is 0.867. The predicted molar refractivity (Wildman–Crippen MR) is 80.2 cm³/mol. The first-order chi connectivity index (χ1) is 10.1. The number of hydrogen-bond donors (Lipinski definition) is 2. The molecule has 2 aliphatic rings. The standard InChI is InChI=1S/C15H27N3O3/c1-12(17-7-3-2-4-8-17)10-16-15(21)18-9-5-6-13(11-18)14(19)20/h12-13H,2-11H2,1H3,(H,16,21)(H,19,20)/t12?,13-/m0/s1. The molecular weight excluding hydrogens is 270 g/mol. The lowest BCUT2D eigenvalue weighted by Crippen LogP contribution is -2.50. The van der Waals surface area contributed by atoms with Crippen LogP contribution in [-0.2, 0) is 4.79 Å². The molecule has 0 aromatic heterocycles. The van der Waals surface area contributed by atoms with Gasteiger partial charge in [-0.15, -0.1) is 0 Å². The SMILES string of the molecule is CC(CNC(=O)N1CCC[C@H](C(=O)O)C1)N1CCCCC1. The number of carbonyl (C=O) groups is 2. The van der Waals surface area contributed by atoms with Crippen LogP contribution < -0.4 is 5.32 Å². The second-order valence-corrected chi connectivity index (χ2v) is 6.26. The van der Waals surface area contributed by atoms with Gasteiger partial charge < -0.3 is 15.3 Å². The van der Waals surface area contributed by atoms with Gasteiger partial charge in [0.2, 0.25) is 0 Å². The van der Waals surface area contributed by atoms with Crippen LogP contribution >= 0.6 is 0 Å². The molecule has 6 heteroatoms. The van der Waals surface area contributed by atoms with E-state index in [-0.39, 0.29) is 6.03 Å². The molecule has 2 saturated heterocycles. The van der Waals surface area contributed by atoms with E-state index in [9.17, 15) is 9.59 Å². The topological polar surface area (TPSA) is 72.9 Å². The van der Waals surface area contributed by atoms with Crippen molar-refractivity contribution in [2.75, 3.05) is 32.7 Å². The number of rotatable bonds is 4. The molecule has 1 unspecified atom stereocenters. The fourth-order valence-electron chi connectivity index (χ4n) is 3.20. The Kier molecular flexibility index (Phi) is 5.85. The summed E-state index contributed by atoms with van der Waals surface area (Å²) in [5, 5.41) is 12.0. The molecule has 0 bridgehead atoms. The Morgan fingerprint density at radius 3 is 2.57 bits per heavy atom. The van der Waals surface area contributed by atoms with Crippen LogP contribution in [-0.4, -0.2) is 65.7 Å². The molecule has 2 rings (SSSR count). The lowest BCUT2D eigenvalue weighted by Gasteiger charge is -2.34. The van der Waals surface area contributed by atoms with Crippen molar-refractivity contribution in [3.8, 4) is 0 Å². The van der Waals surface area contributed by atoms with E-state index in [0.29, 0.717) is 32.1 Å². The van der Waals surface area contributed by atoms with Crippen LogP contribution in [0.15, 0.2) is 0 Å². The minimum atomic E-state index is -0.797. The molecule has 2 atom stereocenters. The maximum atomic E-state index is 12.2. The molecule has 0 aromatic carbocycles.